The van der Waals surface area contributed by atoms with E-state index in [9.17, 15) is 14.7 Å². The topological polar surface area (TPSA) is 78.4 Å². The van der Waals surface area contributed by atoms with Gasteiger partial charge in [0.25, 0.3) is 0 Å². The highest BCUT2D eigenvalue weighted by molar-refractivity contribution is 8.00. The fraction of sp³-hybridized carbons (Fsp3) is 0.846. The average Bonchev–Trinajstić information content (AvgIpc) is 3.02. The Balaban J connectivity index is 1.75. The maximum atomic E-state index is 11.7. The van der Waals surface area contributed by atoms with Crippen LogP contribution in [-0.4, -0.2) is 41.2 Å². The molecule has 2 aliphatic rings. The van der Waals surface area contributed by atoms with Crippen LogP contribution in [0.15, 0.2) is 0 Å². The van der Waals surface area contributed by atoms with E-state index in [1.807, 2.05) is 0 Å². The third-order valence-corrected chi connectivity index (χ3v) is 5.83. The highest BCUT2D eigenvalue weighted by atomic mass is 32.2. The van der Waals surface area contributed by atoms with E-state index in [0.717, 1.165) is 25.7 Å². The van der Waals surface area contributed by atoms with Gasteiger partial charge in [-0.1, -0.05) is 12.8 Å². The van der Waals surface area contributed by atoms with Crippen LogP contribution in [0.2, 0.25) is 0 Å². The molecular formula is C13H22N2O3S. The van der Waals surface area contributed by atoms with Crippen LogP contribution in [0.25, 0.3) is 0 Å². The van der Waals surface area contributed by atoms with E-state index in [1.54, 1.807) is 11.8 Å². The number of aliphatic carboxylic acids is 1. The van der Waals surface area contributed by atoms with Crippen LogP contribution in [0, 0.1) is 5.41 Å². The molecule has 0 heterocycles. The molecule has 2 saturated carbocycles. The number of rotatable bonds is 6. The predicted molar refractivity (Wildman–Crippen MR) is 75.4 cm³/mol. The first-order valence-electron chi connectivity index (χ1n) is 6.82. The van der Waals surface area contributed by atoms with Gasteiger partial charge in [-0.2, -0.15) is 11.8 Å². The molecule has 2 rings (SSSR count). The van der Waals surface area contributed by atoms with Crippen molar-refractivity contribution in [3.8, 4) is 0 Å². The van der Waals surface area contributed by atoms with Crippen molar-refractivity contribution in [2.45, 2.75) is 43.3 Å². The Morgan fingerprint density at radius 1 is 1.11 bits per heavy atom. The van der Waals surface area contributed by atoms with Crippen LogP contribution >= 0.6 is 11.8 Å². The van der Waals surface area contributed by atoms with Crippen LogP contribution in [0.3, 0.4) is 0 Å². The van der Waals surface area contributed by atoms with E-state index in [-0.39, 0.29) is 17.3 Å². The van der Waals surface area contributed by atoms with Crippen LogP contribution in [-0.2, 0) is 4.79 Å². The molecule has 2 aliphatic carbocycles. The molecule has 0 aromatic rings. The molecule has 0 atom stereocenters. The van der Waals surface area contributed by atoms with E-state index < -0.39 is 11.4 Å². The minimum atomic E-state index is -0.784. The van der Waals surface area contributed by atoms with Crippen LogP contribution in [0.5, 0.6) is 0 Å². The Morgan fingerprint density at radius 3 is 2.16 bits per heavy atom. The monoisotopic (exact) mass is 286 g/mol. The first-order valence-corrected chi connectivity index (χ1v) is 8.05. The molecule has 2 amide bonds. The Labute approximate surface area is 117 Å². The summed E-state index contributed by atoms with van der Waals surface area (Å²) in [6.45, 7) is 0.903. The molecule has 108 valence electrons. The summed E-state index contributed by atoms with van der Waals surface area (Å²) in [5, 5.41) is 14.9. The zero-order valence-electron chi connectivity index (χ0n) is 11.3. The molecule has 6 heteroatoms. The van der Waals surface area contributed by atoms with Crippen molar-refractivity contribution < 1.29 is 14.7 Å². The lowest BCUT2D eigenvalue weighted by Crippen LogP contribution is -2.46. The van der Waals surface area contributed by atoms with Gasteiger partial charge in [0.2, 0.25) is 0 Å². The largest absolute Gasteiger partial charge is 0.481 e. The maximum Gasteiger partial charge on any atom is 0.314 e. The molecule has 5 nitrogen and oxygen atoms in total. The van der Waals surface area contributed by atoms with Crippen LogP contribution < -0.4 is 10.6 Å². The van der Waals surface area contributed by atoms with Gasteiger partial charge in [0.15, 0.2) is 0 Å². The Hall–Kier alpha value is -0.910. The summed E-state index contributed by atoms with van der Waals surface area (Å²) in [7, 11) is 0. The van der Waals surface area contributed by atoms with Gasteiger partial charge in [-0.3, -0.25) is 4.79 Å². The van der Waals surface area contributed by atoms with Gasteiger partial charge in [-0.25, -0.2) is 4.79 Å². The number of hydrogen-bond donors (Lipinski definition) is 3. The second-order valence-electron chi connectivity index (χ2n) is 5.72. The fourth-order valence-electron chi connectivity index (χ4n) is 2.66. The van der Waals surface area contributed by atoms with Crippen molar-refractivity contribution in [3.05, 3.63) is 0 Å². The molecular weight excluding hydrogens is 264 g/mol. The molecule has 0 bridgehead atoms. The molecule has 3 N–H and O–H groups in total. The zero-order valence-corrected chi connectivity index (χ0v) is 12.1. The van der Waals surface area contributed by atoms with Crippen molar-refractivity contribution in [2.75, 3.05) is 19.3 Å². The second-order valence-corrected chi connectivity index (χ2v) is 6.99. The van der Waals surface area contributed by atoms with Crippen molar-refractivity contribution >= 4 is 23.8 Å². The highest BCUT2D eigenvalue weighted by Gasteiger charge is 2.43. The minimum absolute atomic E-state index is 0.231. The van der Waals surface area contributed by atoms with Gasteiger partial charge in [0.05, 0.1) is 5.41 Å². The van der Waals surface area contributed by atoms with Crippen LogP contribution in [0.4, 0.5) is 4.79 Å². The van der Waals surface area contributed by atoms with E-state index in [0.29, 0.717) is 19.4 Å². The number of carbonyl (C=O) groups is 2. The van der Waals surface area contributed by atoms with Crippen LogP contribution in [0.1, 0.15) is 38.5 Å². The highest BCUT2D eigenvalue weighted by Crippen LogP contribution is 2.46. The van der Waals surface area contributed by atoms with Gasteiger partial charge in [-0.05, 0) is 31.9 Å². The van der Waals surface area contributed by atoms with E-state index in [4.69, 9.17) is 0 Å². The summed E-state index contributed by atoms with van der Waals surface area (Å²) in [6, 6.07) is -0.243. The summed E-state index contributed by atoms with van der Waals surface area (Å²) in [4.78, 5) is 23.1. The van der Waals surface area contributed by atoms with Crippen molar-refractivity contribution in [2.24, 2.45) is 5.41 Å². The normalized spacial score (nSPS) is 22.8. The number of nitrogens with one attached hydrogen (secondary N) is 2. The summed E-state index contributed by atoms with van der Waals surface area (Å²) < 4.78 is 0.231. The lowest BCUT2D eigenvalue weighted by atomic mass is 9.86. The fourth-order valence-corrected chi connectivity index (χ4v) is 3.39. The standard InChI is InChI=1S/C13H22N2O3S/c1-19-13(6-7-13)9-15-11(18)14-8-12(10(16)17)4-2-3-5-12/h2-9H2,1H3,(H,16,17)(H2,14,15,18). The quantitative estimate of drug-likeness (QED) is 0.696. The summed E-state index contributed by atoms with van der Waals surface area (Å²) in [5.74, 6) is -0.784. The van der Waals surface area contributed by atoms with Crippen molar-refractivity contribution in [3.63, 3.8) is 0 Å². The van der Waals surface area contributed by atoms with Gasteiger partial charge in [-0.15, -0.1) is 0 Å². The zero-order chi connectivity index (χ0) is 13.9. The molecule has 0 aromatic heterocycles. The molecule has 0 spiro atoms. The summed E-state index contributed by atoms with van der Waals surface area (Å²) in [5.41, 5.74) is -0.742. The molecule has 0 radical (unpaired) electrons. The van der Waals surface area contributed by atoms with Crippen molar-refractivity contribution in [1.29, 1.82) is 0 Å². The molecule has 0 unspecified atom stereocenters. The van der Waals surface area contributed by atoms with Gasteiger partial charge in [0.1, 0.15) is 0 Å². The third-order valence-electron chi connectivity index (χ3n) is 4.41. The van der Waals surface area contributed by atoms with Gasteiger partial charge >= 0.3 is 12.0 Å². The van der Waals surface area contributed by atoms with E-state index >= 15 is 0 Å². The number of carbonyl (C=O) groups excluding carboxylic acids is 1. The smallest absolute Gasteiger partial charge is 0.314 e. The number of carboxylic acid groups (broad SMARTS) is 1. The summed E-state index contributed by atoms with van der Waals surface area (Å²) in [6.07, 6.45) is 7.55. The molecule has 0 aliphatic heterocycles. The Kier molecular flexibility index (Phi) is 4.28. The van der Waals surface area contributed by atoms with E-state index in [1.165, 1.54) is 0 Å². The van der Waals surface area contributed by atoms with Gasteiger partial charge < -0.3 is 15.7 Å². The number of urea groups is 1. The second kappa shape index (κ2) is 5.61. The molecule has 0 saturated heterocycles. The SMILES string of the molecule is CSC1(CNC(=O)NCC2(C(=O)O)CCCC2)CC1. The number of amides is 2. The first kappa shape index (κ1) is 14.5. The predicted octanol–water partition coefficient (Wildman–Crippen LogP) is 1.83. The lowest BCUT2D eigenvalue weighted by Gasteiger charge is -2.24. The first-order chi connectivity index (χ1) is 9.02. The number of thioether (sulfide) groups is 1. The molecule has 19 heavy (non-hydrogen) atoms. The lowest BCUT2D eigenvalue weighted by molar-refractivity contribution is -0.148. The number of carboxylic acids is 1. The maximum absolute atomic E-state index is 11.7. The Bertz CT molecular complexity index is 363. The Morgan fingerprint density at radius 2 is 1.68 bits per heavy atom. The minimum Gasteiger partial charge on any atom is -0.481 e. The van der Waals surface area contributed by atoms with E-state index in [2.05, 4.69) is 16.9 Å². The third kappa shape index (κ3) is 3.35. The number of hydrogen-bond acceptors (Lipinski definition) is 3. The molecule has 0 aromatic carbocycles. The van der Waals surface area contributed by atoms with Gasteiger partial charge in [0, 0.05) is 17.8 Å². The summed E-state index contributed by atoms with van der Waals surface area (Å²) >= 11 is 1.79. The molecule has 2 fully saturated rings. The van der Waals surface area contributed by atoms with Crippen molar-refractivity contribution in [1.82, 2.24) is 10.6 Å². The average molecular weight is 286 g/mol.